The van der Waals surface area contributed by atoms with Gasteiger partial charge in [0.1, 0.15) is 5.60 Å². The number of hydrogen-bond acceptors (Lipinski definition) is 2. The molecule has 3 rings (SSSR count). The highest BCUT2D eigenvalue weighted by molar-refractivity contribution is 5.41. The van der Waals surface area contributed by atoms with Crippen LogP contribution in [0.1, 0.15) is 54.9 Å². The molecule has 2 aromatic rings. The Morgan fingerprint density at radius 3 is 2.35 bits per heavy atom. The van der Waals surface area contributed by atoms with Crippen LogP contribution in [0.25, 0.3) is 0 Å². The Labute approximate surface area is 159 Å². The first-order valence-corrected chi connectivity index (χ1v) is 10.1. The minimum absolute atomic E-state index is 0.394. The summed E-state index contributed by atoms with van der Waals surface area (Å²) in [5.74, 6) is 0. The van der Waals surface area contributed by atoms with Crippen molar-refractivity contribution in [1.29, 1.82) is 0 Å². The molecule has 0 aliphatic heterocycles. The molecule has 0 bridgehead atoms. The van der Waals surface area contributed by atoms with Gasteiger partial charge in [-0.15, -0.1) is 0 Å². The highest BCUT2D eigenvalue weighted by atomic mass is 16.5. The van der Waals surface area contributed by atoms with E-state index in [9.17, 15) is 0 Å². The minimum Gasteiger partial charge on any atom is -0.366 e. The van der Waals surface area contributed by atoms with Gasteiger partial charge in [0.2, 0.25) is 0 Å². The predicted octanol–water partition coefficient (Wildman–Crippen LogP) is 5.19. The second-order valence-corrected chi connectivity index (χ2v) is 7.95. The van der Waals surface area contributed by atoms with Crippen molar-refractivity contribution in [2.24, 2.45) is 0 Å². The molecule has 1 atom stereocenters. The number of ether oxygens (including phenoxy) is 1. The van der Waals surface area contributed by atoms with Crippen molar-refractivity contribution < 1.29 is 4.74 Å². The zero-order valence-electron chi connectivity index (χ0n) is 16.6. The third kappa shape index (κ3) is 4.55. The van der Waals surface area contributed by atoms with Crippen molar-refractivity contribution in [2.75, 3.05) is 27.2 Å². The van der Waals surface area contributed by atoms with Crippen molar-refractivity contribution in [2.45, 2.75) is 51.0 Å². The summed E-state index contributed by atoms with van der Waals surface area (Å²) in [4.78, 5) is 2.21. The Bertz CT molecular complexity index is 695. The topological polar surface area (TPSA) is 12.5 Å². The van der Waals surface area contributed by atoms with E-state index < -0.39 is 5.60 Å². The summed E-state index contributed by atoms with van der Waals surface area (Å²) in [5, 5.41) is 0. The van der Waals surface area contributed by atoms with Gasteiger partial charge >= 0.3 is 0 Å². The van der Waals surface area contributed by atoms with Crippen molar-refractivity contribution in [1.82, 2.24) is 4.90 Å². The molecule has 26 heavy (non-hydrogen) atoms. The third-order valence-corrected chi connectivity index (χ3v) is 5.61. The predicted molar refractivity (Wildman–Crippen MR) is 110 cm³/mol. The van der Waals surface area contributed by atoms with E-state index in [1.54, 1.807) is 0 Å². The summed E-state index contributed by atoms with van der Waals surface area (Å²) in [6.07, 6.45) is 7.45. The molecule has 0 spiro atoms. The normalized spacial score (nSPS) is 16.8. The van der Waals surface area contributed by atoms with Crippen molar-refractivity contribution in [3.63, 3.8) is 0 Å². The van der Waals surface area contributed by atoms with Crippen LogP contribution in [0.15, 0.2) is 48.5 Å². The lowest BCUT2D eigenvalue weighted by atomic mass is 9.85. The molecule has 2 nitrogen and oxygen atoms in total. The number of hydrogen-bond donors (Lipinski definition) is 0. The monoisotopic (exact) mass is 351 g/mol. The first-order chi connectivity index (χ1) is 12.6. The van der Waals surface area contributed by atoms with Crippen LogP contribution < -0.4 is 0 Å². The van der Waals surface area contributed by atoms with E-state index in [1.807, 2.05) is 0 Å². The van der Waals surface area contributed by atoms with Crippen LogP contribution in [0.4, 0.5) is 0 Å². The number of benzene rings is 2. The molecule has 2 heteroatoms. The van der Waals surface area contributed by atoms with E-state index in [4.69, 9.17) is 4.74 Å². The van der Waals surface area contributed by atoms with Crippen LogP contribution in [-0.2, 0) is 23.2 Å². The fraction of sp³-hybridized carbons (Fsp3) is 0.500. The maximum Gasteiger partial charge on any atom is 0.115 e. The van der Waals surface area contributed by atoms with E-state index in [1.165, 1.54) is 54.4 Å². The summed E-state index contributed by atoms with van der Waals surface area (Å²) < 4.78 is 6.55. The van der Waals surface area contributed by atoms with Crippen molar-refractivity contribution in [3.8, 4) is 0 Å². The number of aryl methyl sites for hydroxylation is 2. The van der Waals surface area contributed by atoms with E-state index in [2.05, 4.69) is 74.4 Å². The minimum atomic E-state index is -0.394. The average Bonchev–Trinajstić information content (AvgIpc) is 2.90. The largest absolute Gasteiger partial charge is 0.366 e. The van der Waals surface area contributed by atoms with Gasteiger partial charge in [-0.2, -0.15) is 0 Å². The molecule has 1 aliphatic carbocycles. The summed E-state index contributed by atoms with van der Waals surface area (Å²) in [6.45, 7) is 4.05. The number of rotatable bonds is 7. The second-order valence-electron chi connectivity index (χ2n) is 7.95. The molecule has 140 valence electrons. The fourth-order valence-electron chi connectivity index (χ4n) is 3.95. The molecule has 0 amide bonds. The van der Waals surface area contributed by atoms with Crippen LogP contribution in [0.2, 0.25) is 0 Å². The Hall–Kier alpha value is -1.64. The summed E-state index contributed by atoms with van der Waals surface area (Å²) in [5.41, 5.74) is 5.19. The smallest absolute Gasteiger partial charge is 0.115 e. The molecule has 0 saturated heterocycles. The molecule has 0 radical (unpaired) electrons. The van der Waals surface area contributed by atoms with Gasteiger partial charge in [-0.25, -0.2) is 0 Å². The molecule has 1 aliphatic rings. The van der Waals surface area contributed by atoms with Gasteiger partial charge in [-0.3, -0.25) is 0 Å². The van der Waals surface area contributed by atoms with Crippen LogP contribution >= 0.6 is 0 Å². The summed E-state index contributed by atoms with van der Waals surface area (Å²) in [7, 11) is 4.23. The first-order valence-electron chi connectivity index (χ1n) is 10.1. The van der Waals surface area contributed by atoms with E-state index in [-0.39, 0.29) is 0 Å². The molecule has 0 N–H and O–H groups in total. The SMILES string of the molecule is CN(C)CCCOC(C)(c1ccccc1)c1ccc2c(c1)CCCCC2. The van der Waals surface area contributed by atoms with Crippen LogP contribution in [0.3, 0.4) is 0 Å². The number of fused-ring (bicyclic) bond motifs is 1. The van der Waals surface area contributed by atoms with Crippen LogP contribution in [0.5, 0.6) is 0 Å². The van der Waals surface area contributed by atoms with E-state index >= 15 is 0 Å². The highest BCUT2D eigenvalue weighted by Gasteiger charge is 2.30. The standard InChI is InChI=1S/C24H33NO/c1-24(22-13-8-5-9-14-22,26-18-10-17-25(2)3)23-16-15-20-11-6-4-7-12-21(20)19-23/h5,8-9,13-16,19H,4,6-7,10-12,17-18H2,1-3H3. The molecule has 0 saturated carbocycles. The quantitative estimate of drug-likeness (QED) is 0.503. The van der Waals surface area contributed by atoms with Gasteiger partial charge in [-0.05, 0) is 81.9 Å². The van der Waals surface area contributed by atoms with Gasteiger partial charge in [0, 0.05) is 6.61 Å². The zero-order valence-corrected chi connectivity index (χ0v) is 16.6. The Kier molecular flexibility index (Phi) is 6.50. The lowest BCUT2D eigenvalue weighted by Crippen LogP contribution is -2.29. The van der Waals surface area contributed by atoms with Crippen LogP contribution in [-0.4, -0.2) is 32.1 Å². The maximum absolute atomic E-state index is 6.55. The molecule has 0 heterocycles. The fourth-order valence-corrected chi connectivity index (χ4v) is 3.95. The van der Waals surface area contributed by atoms with E-state index in [0.717, 1.165) is 19.6 Å². The number of nitrogens with zero attached hydrogens (tertiary/aromatic N) is 1. The van der Waals surface area contributed by atoms with Gasteiger partial charge in [0.25, 0.3) is 0 Å². The molecule has 2 aromatic carbocycles. The highest BCUT2D eigenvalue weighted by Crippen LogP contribution is 2.35. The van der Waals surface area contributed by atoms with Crippen molar-refractivity contribution in [3.05, 3.63) is 70.8 Å². The van der Waals surface area contributed by atoms with Gasteiger partial charge in [0.15, 0.2) is 0 Å². The Morgan fingerprint density at radius 2 is 1.62 bits per heavy atom. The lowest BCUT2D eigenvalue weighted by molar-refractivity contribution is -0.00721. The van der Waals surface area contributed by atoms with Gasteiger partial charge in [0.05, 0.1) is 0 Å². The molecular formula is C24H33NO. The zero-order chi connectivity index (χ0) is 18.4. The summed E-state index contributed by atoms with van der Waals surface area (Å²) >= 11 is 0. The summed E-state index contributed by atoms with van der Waals surface area (Å²) in [6, 6.07) is 17.7. The third-order valence-electron chi connectivity index (χ3n) is 5.61. The molecular weight excluding hydrogens is 318 g/mol. The van der Waals surface area contributed by atoms with Gasteiger partial charge < -0.3 is 9.64 Å². The Balaban J connectivity index is 1.89. The van der Waals surface area contributed by atoms with Crippen LogP contribution in [0, 0.1) is 0 Å². The molecule has 1 unspecified atom stereocenters. The first kappa shape index (κ1) is 19.1. The Morgan fingerprint density at radius 1 is 0.885 bits per heavy atom. The van der Waals surface area contributed by atoms with Crippen molar-refractivity contribution >= 4 is 0 Å². The second kappa shape index (κ2) is 8.83. The van der Waals surface area contributed by atoms with Gasteiger partial charge in [-0.1, -0.05) is 55.0 Å². The average molecular weight is 352 g/mol. The molecule has 0 aromatic heterocycles. The lowest BCUT2D eigenvalue weighted by Gasteiger charge is -2.32. The van der Waals surface area contributed by atoms with E-state index in [0.29, 0.717) is 0 Å². The molecule has 0 fully saturated rings. The maximum atomic E-state index is 6.55.